The number of benzene rings is 2. The average Bonchev–Trinajstić information content (AvgIpc) is 3.17. The normalized spacial score (nSPS) is 12.6. The van der Waals surface area contributed by atoms with Gasteiger partial charge in [-0.2, -0.15) is 0 Å². The van der Waals surface area contributed by atoms with E-state index in [9.17, 15) is 5.11 Å². The lowest BCUT2D eigenvalue weighted by molar-refractivity contribution is -0.688. The molecule has 1 heterocycles. The number of nitrogens with zero attached hydrogens (tertiary/aromatic N) is 3. The number of phenolic OH excluding ortho intramolecular Hbond substituents is 1. The Morgan fingerprint density at radius 3 is 2.20 bits per heavy atom. The number of hydrogen-bond donors (Lipinski definition) is 1. The number of imidazole rings is 1. The van der Waals surface area contributed by atoms with Crippen molar-refractivity contribution in [2.24, 2.45) is 4.99 Å². The van der Waals surface area contributed by atoms with Crippen molar-refractivity contribution in [3.8, 4) is 5.75 Å². The highest BCUT2D eigenvalue weighted by atomic mass is 16.3. The third-order valence-corrected chi connectivity index (χ3v) is 6.67. The van der Waals surface area contributed by atoms with Crippen LogP contribution in [0.5, 0.6) is 5.75 Å². The minimum absolute atomic E-state index is 0.00967. The summed E-state index contributed by atoms with van der Waals surface area (Å²) in [5.74, 6) is 0.349. The molecule has 3 rings (SSSR count). The van der Waals surface area contributed by atoms with E-state index < -0.39 is 0 Å². The van der Waals surface area contributed by atoms with Gasteiger partial charge in [0, 0.05) is 30.3 Å². The molecule has 0 amide bonds. The molecule has 0 radical (unpaired) electrons. The second kappa shape index (κ2) is 10.4. The lowest BCUT2D eigenvalue weighted by atomic mass is 9.79. The molecule has 4 nitrogen and oxygen atoms in total. The Hall–Kier alpha value is -2.88. The molecule has 0 aliphatic rings. The van der Waals surface area contributed by atoms with Crippen LogP contribution in [0, 0.1) is 20.8 Å². The van der Waals surface area contributed by atoms with Gasteiger partial charge >= 0.3 is 0 Å². The van der Waals surface area contributed by atoms with Gasteiger partial charge in [0.1, 0.15) is 24.7 Å². The summed E-state index contributed by atoms with van der Waals surface area (Å²) >= 11 is 0. The first-order valence-electron chi connectivity index (χ1n) is 12.7. The molecule has 188 valence electrons. The Morgan fingerprint density at radius 2 is 1.60 bits per heavy atom. The molecule has 0 saturated carbocycles. The van der Waals surface area contributed by atoms with E-state index >= 15 is 0 Å². The van der Waals surface area contributed by atoms with Crippen LogP contribution in [0.3, 0.4) is 0 Å². The molecule has 0 aliphatic carbocycles. The molecule has 1 aromatic heterocycles. The largest absolute Gasteiger partial charge is 0.507 e. The average molecular weight is 475 g/mol. The minimum Gasteiger partial charge on any atom is -0.507 e. The van der Waals surface area contributed by atoms with Gasteiger partial charge in [-0.1, -0.05) is 65.3 Å². The second-order valence-electron chi connectivity index (χ2n) is 12.1. The Labute approximate surface area is 212 Å². The zero-order valence-electron chi connectivity index (χ0n) is 23.2. The van der Waals surface area contributed by atoms with Gasteiger partial charge in [-0.25, -0.2) is 9.13 Å². The van der Waals surface area contributed by atoms with Crippen molar-refractivity contribution in [1.29, 1.82) is 0 Å². The van der Waals surface area contributed by atoms with Gasteiger partial charge < -0.3 is 5.11 Å². The number of rotatable bonds is 7. The first kappa shape index (κ1) is 26.7. The number of aryl methyl sites for hydroxylation is 4. The highest BCUT2D eigenvalue weighted by Crippen LogP contribution is 2.37. The lowest BCUT2D eigenvalue weighted by Crippen LogP contribution is -2.32. The molecule has 3 aromatic rings. The summed E-state index contributed by atoms with van der Waals surface area (Å²) in [7, 11) is 0. The SMILES string of the molecule is Cc1cc(C)c(C[n+]2ccn(CCCN=Cc3cc(C(C)(C)C)cc(C(C)(C)C)c3O)c2)c(C)c1. The third kappa shape index (κ3) is 6.84. The first-order valence-corrected chi connectivity index (χ1v) is 12.7. The molecule has 1 N–H and O–H groups in total. The van der Waals surface area contributed by atoms with Crippen molar-refractivity contribution in [3.63, 3.8) is 0 Å². The van der Waals surface area contributed by atoms with Crippen molar-refractivity contribution < 1.29 is 9.67 Å². The fraction of sp³-hybridized carbons (Fsp3) is 0.484. The van der Waals surface area contributed by atoms with Gasteiger partial charge in [-0.05, 0) is 59.9 Å². The van der Waals surface area contributed by atoms with E-state index in [1.54, 1.807) is 0 Å². The highest BCUT2D eigenvalue weighted by molar-refractivity contribution is 5.85. The van der Waals surface area contributed by atoms with Crippen LogP contribution >= 0.6 is 0 Å². The molecular formula is C31H44N3O+. The summed E-state index contributed by atoms with van der Waals surface area (Å²) < 4.78 is 4.47. The van der Waals surface area contributed by atoms with Gasteiger partial charge in [0.05, 0.1) is 6.54 Å². The molecule has 0 spiro atoms. The van der Waals surface area contributed by atoms with Crippen LogP contribution in [0.15, 0.2) is 48.0 Å². The Bertz CT molecular complexity index is 1180. The van der Waals surface area contributed by atoms with Crippen LogP contribution in [0.1, 0.15) is 86.9 Å². The summed E-state index contributed by atoms with van der Waals surface area (Å²) in [6.07, 6.45) is 9.25. The maximum absolute atomic E-state index is 10.9. The molecule has 4 heteroatoms. The van der Waals surface area contributed by atoms with E-state index in [1.165, 1.54) is 27.8 Å². The first-order chi connectivity index (χ1) is 16.3. The molecule has 0 bridgehead atoms. The Morgan fingerprint density at radius 1 is 0.943 bits per heavy atom. The van der Waals surface area contributed by atoms with Crippen molar-refractivity contribution in [3.05, 3.63) is 81.9 Å². The number of hydrogen-bond acceptors (Lipinski definition) is 2. The van der Waals surface area contributed by atoms with Crippen LogP contribution < -0.4 is 4.57 Å². The fourth-order valence-electron chi connectivity index (χ4n) is 4.57. The standard InChI is InChI=1S/C31H43N3O/c1-22-15-23(2)27(24(3)16-22)20-34-14-13-33(21-34)12-10-11-32-19-25-17-26(30(4,5)6)18-28(29(25)35)31(7,8)9/h13-19,21H,10-12,20H2,1-9H3/p+1. The molecule has 0 unspecified atom stereocenters. The number of aromatic hydroxyl groups is 1. The highest BCUT2D eigenvalue weighted by Gasteiger charge is 2.24. The Balaban J connectivity index is 1.64. The van der Waals surface area contributed by atoms with Crippen molar-refractivity contribution in [1.82, 2.24) is 4.57 Å². The zero-order chi connectivity index (χ0) is 26.0. The van der Waals surface area contributed by atoms with Crippen LogP contribution in [-0.4, -0.2) is 22.4 Å². The predicted molar refractivity (Wildman–Crippen MR) is 147 cm³/mol. The number of aromatic nitrogens is 2. The van der Waals surface area contributed by atoms with Gasteiger partial charge in [0.15, 0.2) is 0 Å². The smallest absolute Gasteiger partial charge is 0.244 e. The second-order valence-corrected chi connectivity index (χ2v) is 12.1. The van der Waals surface area contributed by atoms with Gasteiger partial charge in [-0.3, -0.25) is 4.99 Å². The van der Waals surface area contributed by atoms with E-state index in [2.05, 4.69) is 119 Å². The fourth-order valence-corrected chi connectivity index (χ4v) is 4.57. The molecule has 0 saturated heterocycles. The van der Waals surface area contributed by atoms with E-state index in [4.69, 9.17) is 0 Å². The van der Waals surface area contributed by atoms with Crippen LogP contribution in [0.4, 0.5) is 0 Å². The molecule has 2 aromatic carbocycles. The lowest BCUT2D eigenvalue weighted by Gasteiger charge is -2.27. The number of aliphatic imine (C=N–C) groups is 1. The summed E-state index contributed by atoms with van der Waals surface area (Å²) in [5.41, 5.74) is 8.30. The molecule has 0 fully saturated rings. The third-order valence-electron chi connectivity index (χ3n) is 6.67. The maximum Gasteiger partial charge on any atom is 0.244 e. The summed E-state index contributed by atoms with van der Waals surface area (Å²) in [6.45, 7) is 22.1. The minimum atomic E-state index is -0.132. The van der Waals surface area contributed by atoms with Crippen molar-refractivity contribution in [2.45, 2.75) is 92.7 Å². The molecular weight excluding hydrogens is 430 g/mol. The van der Waals surface area contributed by atoms with Gasteiger partial charge in [0.25, 0.3) is 0 Å². The van der Waals surface area contributed by atoms with E-state index in [1.807, 2.05) is 6.21 Å². The van der Waals surface area contributed by atoms with E-state index in [0.29, 0.717) is 5.75 Å². The van der Waals surface area contributed by atoms with Crippen molar-refractivity contribution in [2.75, 3.05) is 6.54 Å². The molecule has 35 heavy (non-hydrogen) atoms. The monoisotopic (exact) mass is 474 g/mol. The number of phenols is 1. The van der Waals surface area contributed by atoms with Gasteiger partial charge in [-0.15, -0.1) is 0 Å². The summed E-state index contributed by atoms with van der Waals surface area (Å²) in [4.78, 5) is 4.66. The zero-order valence-corrected chi connectivity index (χ0v) is 23.2. The maximum atomic E-state index is 10.9. The summed E-state index contributed by atoms with van der Waals surface area (Å²) in [6, 6.07) is 8.75. The Kier molecular flexibility index (Phi) is 7.93. The summed E-state index contributed by atoms with van der Waals surface area (Å²) in [5, 5.41) is 10.9. The van der Waals surface area contributed by atoms with Crippen molar-refractivity contribution >= 4 is 6.21 Å². The topological polar surface area (TPSA) is 41.4 Å². The van der Waals surface area contributed by atoms with Crippen LogP contribution in [0.2, 0.25) is 0 Å². The molecule has 0 aliphatic heterocycles. The van der Waals surface area contributed by atoms with Gasteiger partial charge in [0.2, 0.25) is 6.33 Å². The quantitative estimate of drug-likeness (QED) is 0.235. The van der Waals surface area contributed by atoms with E-state index in [0.717, 1.165) is 37.2 Å². The van der Waals surface area contributed by atoms with Crippen LogP contribution in [-0.2, 0) is 23.9 Å². The van der Waals surface area contributed by atoms with Crippen LogP contribution in [0.25, 0.3) is 0 Å². The van der Waals surface area contributed by atoms with E-state index in [-0.39, 0.29) is 10.8 Å². The molecule has 0 atom stereocenters. The predicted octanol–water partition coefficient (Wildman–Crippen LogP) is 6.56.